The molecule has 0 saturated heterocycles. The lowest BCUT2D eigenvalue weighted by Gasteiger charge is -2.13. The average Bonchev–Trinajstić information content (AvgIpc) is 3.51. The number of nitrogens with two attached hydrogens (primary N) is 1. The number of hydrogen-bond donors (Lipinski definition) is 3. The smallest absolute Gasteiger partial charge is 0.407 e. The number of primary amides is 1. The van der Waals surface area contributed by atoms with E-state index in [9.17, 15) is 14.4 Å². The van der Waals surface area contributed by atoms with Gasteiger partial charge in [0.1, 0.15) is 23.6 Å². The van der Waals surface area contributed by atoms with Gasteiger partial charge in [-0.15, -0.1) is 0 Å². The summed E-state index contributed by atoms with van der Waals surface area (Å²) < 4.78 is 14.4. The molecule has 210 valence electrons. The van der Waals surface area contributed by atoms with Crippen LogP contribution in [0.15, 0.2) is 72.8 Å². The number of amides is 3. The van der Waals surface area contributed by atoms with Gasteiger partial charge in [0.15, 0.2) is 0 Å². The van der Waals surface area contributed by atoms with E-state index in [-0.39, 0.29) is 24.0 Å². The first-order valence-electron chi connectivity index (χ1n) is 13.0. The first kappa shape index (κ1) is 27.3. The predicted molar refractivity (Wildman–Crippen MR) is 155 cm³/mol. The molecule has 5 rings (SSSR count). The second-order valence-electron chi connectivity index (χ2n) is 9.44. The zero-order valence-corrected chi connectivity index (χ0v) is 22.7. The molecule has 0 aliphatic heterocycles. The summed E-state index contributed by atoms with van der Waals surface area (Å²) in [6, 6.07) is 22.0. The summed E-state index contributed by atoms with van der Waals surface area (Å²) in [5.74, 6) is -0.332. The van der Waals surface area contributed by atoms with Crippen molar-refractivity contribution in [2.24, 2.45) is 12.8 Å². The molecule has 3 aromatic carbocycles. The number of rotatable bonds is 10. The highest BCUT2D eigenvalue weighted by atomic mass is 16.5. The van der Waals surface area contributed by atoms with Crippen molar-refractivity contribution in [2.45, 2.75) is 19.6 Å². The summed E-state index contributed by atoms with van der Waals surface area (Å²) in [4.78, 5) is 42.1. The van der Waals surface area contributed by atoms with Crippen LogP contribution in [0.3, 0.4) is 0 Å². The number of aryl methyl sites for hydroxylation is 2. The van der Waals surface area contributed by atoms with Crippen molar-refractivity contribution in [3.05, 3.63) is 89.6 Å². The Bertz CT molecular complexity index is 1740. The molecular formula is C30H30N6O5. The van der Waals surface area contributed by atoms with E-state index in [1.165, 1.54) is 13.2 Å². The lowest BCUT2D eigenvalue weighted by atomic mass is 10.1. The molecule has 4 N–H and O–H groups in total. The van der Waals surface area contributed by atoms with Crippen LogP contribution in [0.4, 0.5) is 10.7 Å². The summed E-state index contributed by atoms with van der Waals surface area (Å²) in [6.45, 7) is 0.848. The van der Waals surface area contributed by atoms with Crippen molar-refractivity contribution in [2.75, 3.05) is 19.0 Å². The third-order valence-corrected chi connectivity index (χ3v) is 6.76. The molecule has 5 aromatic rings. The normalized spacial score (nSPS) is 11.0. The number of methoxy groups -OCH3 is 1. The number of ether oxygens (including phenoxy) is 2. The minimum atomic E-state index is -0.626. The largest absolute Gasteiger partial charge is 0.494 e. The maximum absolute atomic E-state index is 13.4. The molecule has 41 heavy (non-hydrogen) atoms. The van der Waals surface area contributed by atoms with E-state index in [1.807, 2.05) is 72.3 Å². The van der Waals surface area contributed by atoms with Gasteiger partial charge in [-0.2, -0.15) is 0 Å². The SMILES string of the molecule is COc1cc(C(N)=O)cc2nc(NC(=O)c3cc4ccccc4n3C)n(CCCNC(=O)OCc3ccccc3)c12. The monoisotopic (exact) mass is 554 g/mol. The van der Waals surface area contributed by atoms with Crippen molar-refractivity contribution in [3.63, 3.8) is 0 Å². The minimum absolute atomic E-state index is 0.169. The Morgan fingerprint density at radius 2 is 1.76 bits per heavy atom. The van der Waals surface area contributed by atoms with Crippen LogP contribution >= 0.6 is 0 Å². The summed E-state index contributed by atoms with van der Waals surface area (Å²) in [7, 11) is 3.31. The fourth-order valence-corrected chi connectivity index (χ4v) is 4.72. The van der Waals surface area contributed by atoms with Crippen molar-refractivity contribution >= 4 is 45.8 Å². The molecule has 0 aliphatic carbocycles. The van der Waals surface area contributed by atoms with Crippen LogP contribution in [0.2, 0.25) is 0 Å². The second kappa shape index (κ2) is 11.8. The van der Waals surface area contributed by atoms with E-state index in [0.717, 1.165) is 16.5 Å². The lowest BCUT2D eigenvalue weighted by Crippen LogP contribution is -2.26. The molecule has 3 amide bonds. The van der Waals surface area contributed by atoms with Crippen LogP contribution in [-0.4, -0.2) is 45.7 Å². The van der Waals surface area contributed by atoms with Crippen molar-refractivity contribution in [3.8, 4) is 5.75 Å². The Morgan fingerprint density at radius 1 is 1.00 bits per heavy atom. The molecule has 11 heteroatoms. The van der Waals surface area contributed by atoms with E-state index in [1.54, 1.807) is 10.6 Å². The third-order valence-electron chi connectivity index (χ3n) is 6.76. The van der Waals surface area contributed by atoms with E-state index >= 15 is 0 Å². The van der Waals surface area contributed by atoms with E-state index < -0.39 is 12.0 Å². The molecule has 0 bridgehead atoms. The first-order valence-corrected chi connectivity index (χ1v) is 13.0. The van der Waals surface area contributed by atoms with Crippen LogP contribution < -0.4 is 21.1 Å². The number of para-hydroxylation sites is 1. The highest BCUT2D eigenvalue weighted by Gasteiger charge is 2.21. The van der Waals surface area contributed by atoms with E-state index in [4.69, 9.17) is 15.2 Å². The van der Waals surface area contributed by atoms with Gasteiger partial charge in [0, 0.05) is 36.6 Å². The molecule has 0 fully saturated rings. The predicted octanol–water partition coefficient (Wildman–Crippen LogP) is 4.20. The summed E-state index contributed by atoms with van der Waals surface area (Å²) in [6.07, 6.45) is -0.0406. The highest BCUT2D eigenvalue weighted by molar-refractivity contribution is 6.07. The number of carbonyl (C=O) groups is 3. The quantitative estimate of drug-likeness (QED) is 0.221. The van der Waals surface area contributed by atoms with Crippen molar-refractivity contribution in [1.82, 2.24) is 19.4 Å². The zero-order valence-electron chi connectivity index (χ0n) is 22.7. The maximum atomic E-state index is 13.4. The number of benzene rings is 3. The topological polar surface area (TPSA) is 142 Å². The van der Waals surface area contributed by atoms with Gasteiger partial charge in [-0.05, 0) is 36.2 Å². The second-order valence-corrected chi connectivity index (χ2v) is 9.44. The fraction of sp³-hybridized carbons (Fsp3) is 0.200. The Labute approximate surface area is 235 Å². The van der Waals surface area contributed by atoms with E-state index in [0.29, 0.717) is 42.0 Å². The number of hydrogen-bond acceptors (Lipinski definition) is 6. The van der Waals surface area contributed by atoms with Gasteiger partial charge in [0.2, 0.25) is 11.9 Å². The van der Waals surface area contributed by atoms with Crippen LogP contribution in [0.25, 0.3) is 21.9 Å². The third kappa shape index (κ3) is 5.83. The number of imidazole rings is 1. The van der Waals surface area contributed by atoms with E-state index in [2.05, 4.69) is 15.6 Å². The number of nitrogens with one attached hydrogen (secondary N) is 2. The summed E-state index contributed by atoms with van der Waals surface area (Å²) in [5.41, 5.74) is 9.03. The number of alkyl carbamates (subject to hydrolysis) is 1. The Morgan fingerprint density at radius 3 is 2.49 bits per heavy atom. The molecule has 2 aromatic heterocycles. The number of fused-ring (bicyclic) bond motifs is 2. The van der Waals surface area contributed by atoms with Gasteiger partial charge in [0.05, 0.1) is 12.6 Å². The lowest BCUT2D eigenvalue weighted by molar-refractivity contribution is 0.0996. The molecule has 0 aliphatic rings. The van der Waals surface area contributed by atoms with Crippen molar-refractivity contribution < 1.29 is 23.9 Å². The molecule has 0 radical (unpaired) electrons. The molecule has 0 unspecified atom stereocenters. The maximum Gasteiger partial charge on any atom is 0.407 e. The Hall–Kier alpha value is -5.32. The summed E-state index contributed by atoms with van der Waals surface area (Å²) >= 11 is 0. The molecule has 0 atom stereocenters. The van der Waals surface area contributed by atoms with Crippen molar-refractivity contribution in [1.29, 1.82) is 0 Å². The standard InChI is InChI=1S/C30H30N6O5/c1-35-23-12-7-6-11-20(23)16-24(35)28(38)34-29-33-22-15-21(27(31)37)17-25(40-2)26(22)36(29)14-8-13-32-30(39)41-18-19-9-4-3-5-10-19/h3-7,9-12,15-17H,8,13-14,18H2,1-2H3,(H2,31,37)(H,32,39)(H,33,34,38). The van der Waals surface area contributed by atoms with Crippen LogP contribution in [-0.2, 0) is 24.9 Å². The highest BCUT2D eigenvalue weighted by Crippen LogP contribution is 2.31. The van der Waals surface area contributed by atoms with Gasteiger partial charge in [-0.1, -0.05) is 48.5 Å². The van der Waals surface area contributed by atoms with Crippen LogP contribution in [0.1, 0.15) is 32.8 Å². The van der Waals surface area contributed by atoms with Gasteiger partial charge in [0.25, 0.3) is 5.91 Å². The Kier molecular flexibility index (Phi) is 7.86. The van der Waals surface area contributed by atoms with Gasteiger partial charge in [-0.3, -0.25) is 14.9 Å². The van der Waals surface area contributed by atoms with Gasteiger partial charge in [-0.25, -0.2) is 9.78 Å². The van der Waals surface area contributed by atoms with Crippen LogP contribution in [0, 0.1) is 0 Å². The fourth-order valence-electron chi connectivity index (χ4n) is 4.72. The van der Waals surface area contributed by atoms with Crippen LogP contribution in [0.5, 0.6) is 5.75 Å². The minimum Gasteiger partial charge on any atom is -0.494 e. The number of aromatic nitrogens is 3. The van der Waals surface area contributed by atoms with Gasteiger partial charge < -0.3 is 29.7 Å². The number of anilines is 1. The Balaban J connectivity index is 1.36. The molecular weight excluding hydrogens is 524 g/mol. The number of carbonyl (C=O) groups excluding carboxylic acids is 3. The first-order chi connectivity index (χ1) is 19.9. The van der Waals surface area contributed by atoms with Gasteiger partial charge >= 0.3 is 6.09 Å². The molecule has 0 saturated carbocycles. The molecule has 0 spiro atoms. The molecule has 11 nitrogen and oxygen atoms in total. The number of nitrogens with zero attached hydrogens (tertiary/aromatic N) is 3. The average molecular weight is 555 g/mol. The summed E-state index contributed by atoms with van der Waals surface area (Å²) in [5, 5.41) is 6.60. The molecule has 2 heterocycles. The zero-order chi connectivity index (χ0) is 28.9.